The van der Waals surface area contributed by atoms with Gasteiger partial charge in [0.25, 0.3) is 0 Å². The van der Waals surface area contributed by atoms with E-state index in [0.29, 0.717) is 4.83 Å². The molecule has 94 valence electrons. The number of hydrogen-bond donors (Lipinski definition) is 1. The van der Waals surface area contributed by atoms with E-state index in [1.165, 1.54) is 0 Å². The average molecular weight is 292 g/mol. The van der Waals surface area contributed by atoms with Gasteiger partial charge in [0, 0.05) is 17.5 Å². The summed E-state index contributed by atoms with van der Waals surface area (Å²) in [6, 6.07) is 0.222. The number of carbonyl (C=O) groups excluding carboxylic acids is 1. The molecular weight excluding hydrogens is 270 g/mol. The molecule has 0 aromatic carbocycles. The highest BCUT2D eigenvalue weighted by atomic mass is 79.9. The molecule has 0 aromatic heterocycles. The molecular formula is C12H22BrNO2. The largest absolute Gasteiger partial charge is 0.377 e. The molecule has 16 heavy (non-hydrogen) atoms. The summed E-state index contributed by atoms with van der Waals surface area (Å²) in [6.45, 7) is 6.93. The van der Waals surface area contributed by atoms with Crippen LogP contribution < -0.4 is 5.32 Å². The van der Waals surface area contributed by atoms with Crippen molar-refractivity contribution in [2.24, 2.45) is 5.92 Å². The minimum absolute atomic E-state index is 0.0538. The fourth-order valence-corrected chi connectivity index (χ4v) is 2.81. The highest BCUT2D eigenvalue weighted by molar-refractivity contribution is 9.09. The van der Waals surface area contributed by atoms with Crippen LogP contribution in [-0.4, -0.2) is 29.5 Å². The molecule has 0 radical (unpaired) electrons. The van der Waals surface area contributed by atoms with Gasteiger partial charge in [0.05, 0.1) is 12.0 Å². The van der Waals surface area contributed by atoms with Gasteiger partial charge in [0.1, 0.15) is 0 Å². The van der Waals surface area contributed by atoms with E-state index >= 15 is 0 Å². The van der Waals surface area contributed by atoms with E-state index in [2.05, 4.69) is 35.1 Å². The number of halogens is 1. The van der Waals surface area contributed by atoms with Crippen LogP contribution in [0.25, 0.3) is 0 Å². The zero-order valence-electron chi connectivity index (χ0n) is 10.3. The predicted molar refractivity (Wildman–Crippen MR) is 68.7 cm³/mol. The minimum atomic E-state index is 0.0538. The van der Waals surface area contributed by atoms with Crippen LogP contribution in [0.3, 0.4) is 0 Å². The van der Waals surface area contributed by atoms with Gasteiger partial charge in [0.2, 0.25) is 5.91 Å². The topological polar surface area (TPSA) is 38.3 Å². The summed E-state index contributed by atoms with van der Waals surface area (Å²) in [4.78, 5) is 12.4. The molecule has 0 spiro atoms. The summed E-state index contributed by atoms with van der Waals surface area (Å²) in [7, 11) is 0. The van der Waals surface area contributed by atoms with Crippen LogP contribution in [0.2, 0.25) is 0 Å². The van der Waals surface area contributed by atoms with Gasteiger partial charge in [0.15, 0.2) is 0 Å². The molecule has 3 nitrogen and oxygen atoms in total. The maximum atomic E-state index is 12.0. The van der Waals surface area contributed by atoms with Gasteiger partial charge >= 0.3 is 0 Å². The number of ether oxygens (including phenoxy) is 1. The number of carbonyl (C=O) groups is 1. The van der Waals surface area contributed by atoms with Gasteiger partial charge in [-0.1, -0.05) is 29.8 Å². The Morgan fingerprint density at radius 2 is 2.25 bits per heavy atom. The van der Waals surface area contributed by atoms with E-state index in [0.717, 1.165) is 25.9 Å². The van der Waals surface area contributed by atoms with E-state index in [1.54, 1.807) is 0 Å². The molecule has 1 N–H and O–H groups in total. The van der Waals surface area contributed by atoms with Crippen molar-refractivity contribution in [1.82, 2.24) is 5.32 Å². The van der Waals surface area contributed by atoms with Gasteiger partial charge in [-0.2, -0.15) is 0 Å². The van der Waals surface area contributed by atoms with Crippen molar-refractivity contribution in [3.8, 4) is 0 Å². The Morgan fingerprint density at radius 1 is 1.56 bits per heavy atom. The van der Waals surface area contributed by atoms with Crippen molar-refractivity contribution in [2.75, 3.05) is 6.61 Å². The van der Waals surface area contributed by atoms with E-state index in [-0.39, 0.29) is 24.0 Å². The van der Waals surface area contributed by atoms with E-state index in [9.17, 15) is 4.79 Å². The Morgan fingerprint density at radius 3 is 2.81 bits per heavy atom. The second-order valence-electron chi connectivity index (χ2n) is 4.64. The van der Waals surface area contributed by atoms with Crippen molar-refractivity contribution < 1.29 is 9.53 Å². The summed E-state index contributed by atoms with van der Waals surface area (Å²) in [5, 5.41) is 3.07. The first-order chi connectivity index (χ1) is 7.54. The van der Waals surface area contributed by atoms with Gasteiger partial charge in [-0.15, -0.1) is 0 Å². The minimum Gasteiger partial charge on any atom is -0.377 e. The van der Waals surface area contributed by atoms with Crippen LogP contribution in [-0.2, 0) is 9.53 Å². The SMILES string of the molecule is CCC1OCCC1C(=O)NC(C)CC(C)Br. The fraction of sp³-hybridized carbons (Fsp3) is 0.917. The third-order valence-corrected chi connectivity index (χ3v) is 3.39. The van der Waals surface area contributed by atoms with E-state index in [1.807, 2.05) is 6.92 Å². The Labute approximate surface area is 106 Å². The van der Waals surface area contributed by atoms with Gasteiger partial charge in [-0.3, -0.25) is 4.79 Å². The van der Waals surface area contributed by atoms with Crippen LogP contribution in [0.5, 0.6) is 0 Å². The summed E-state index contributed by atoms with van der Waals surface area (Å²) >= 11 is 3.50. The standard InChI is InChI=1S/C12H22BrNO2/c1-4-11-10(5-6-16-11)12(15)14-9(3)7-8(2)13/h8-11H,4-7H2,1-3H3,(H,14,15). The van der Waals surface area contributed by atoms with Crippen LogP contribution in [0.15, 0.2) is 0 Å². The molecule has 1 amide bonds. The number of rotatable bonds is 5. The molecule has 4 unspecified atom stereocenters. The quantitative estimate of drug-likeness (QED) is 0.791. The van der Waals surface area contributed by atoms with E-state index < -0.39 is 0 Å². The van der Waals surface area contributed by atoms with Gasteiger partial charge in [-0.25, -0.2) is 0 Å². The molecule has 0 bridgehead atoms. The normalized spacial score (nSPS) is 28.8. The third-order valence-electron chi connectivity index (χ3n) is 3.02. The zero-order valence-corrected chi connectivity index (χ0v) is 11.9. The van der Waals surface area contributed by atoms with Crippen molar-refractivity contribution in [2.45, 2.75) is 57.0 Å². The molecule has 0 aliphatic carbocycles. The summed E-state index contributed by atoms with van der Waals surface area (Å²) < 4.78 is 5.53. The molecule has 1 rings (SSSR count). The Bertz CT molecular complexity index is 233. The monoisotopic (exact) mass is 291 g/mol. The molecule has 4 heteroatoms. The second kappa shape index (κ2) is 6.60. The van der Waals surface area contributed by atoms with Crippen molar-refractivity contribution in [3.63, 3.8) is 0 Å². The molecule has 1 aliphatic rings. The van der Waals surface area contributed by atoms with Gasteiger partial charge in [-0.05, 0) is 26.2 Å². The first-order valence-corrected chi connectivity index (χ1v) is 7.02. The highest BCUT2D eigenvalue weighted by Gasteiger charge is 2.33. The molecule has 1 aliphatic heterocycles. The second-order valence-corrected chi connectivity index (χ2v) is 6.20. The van der Waals surface area contributed by atoms with Crippen LogP contribution >= 0.6 is 15.9 Å². The third kappa shape index (κ3) is 4.06. The van der Waals surface area contributed by atoms with Crippen molar-refractivity contribution in [1.29, 1.82) is 0 Å². The van der Waals surface area contributed by atoms with Crippen molar-refractivity contribution >= 4 is 21.8 Å². The Balaban J connectivity index is 2.39. The zero-order chi connectivity index (χ0) is 12.1. The molecule has 1 saturated heterocycles. The first-order valence-electron chi connectivity index (χ1n) is 6.10. The van der Waals surface area contributed by atoms with Crippen LogP contribution in [0, 0.1) is 5.92 Å². The number of nitrogens with one attached hydrogen (secondary N) is 1. The lowest BCUT2D eigenvalue weighted by atomic mass is 9.98. The van der Waals surface area contributed by atoms with Crippen LogP contribution in [0.4, 0.5) is 0 Å². The number of hydrogen-bond acceptors (Lipinski definition) is 2. The average Bonchev–Trinajstić information content (AvgIpc) is 2.63. The smallest absolute Gasteiger partial charge is 0.226 e. The lowest BCUT2D eigenvalue weighted by Crippen LogP contribution is -2.40. The summed E-state index contributed by atoms with van der Waals surface area (Å²) in [5.74, 6) is 0.211. The number of alkyl halides is 1. The van der Waals surface area contributed by atoms with Gasteiger partial charge < -0.3 is 10.1 Å². The van der Waals surface area contributed by atoms with Crippen molar-refractivity contribution in [3.05, 3.63) is 0 Å². The molecule has 1 heterocycles. The molecule has 0 saturated carbocycles. The first kappa shape index (κ1) is 14.0. The van der Waals surface area contributed by atoms with E-state index in [4.69, 9.17) is 4.74 Å². The lowest BCUT2D eigenvalue weighted by Gasteiger charge is -2.20. The number of amides is 1. The molecule has 4 atom stereocenters. The fourth-order valence-electron chi connectivity index (χ4n) is 2.25. The Hall–Kier alpha value is -0.0900. The maximum Gasteiger partial charge on any atom is 0.226 e. The molecule has 0 aromatic rings. The predicted octanol–water partition coefficient (Wildman–Crippen LogP) is 2.48. The van der Waals surface area contributed by atoms with Crippen LogP contribution in [0.1, 0.15) is 40.0 Å². The Kier molecular flexibility index (Phi) is 5.76. The highest BCUT2D eigenvalue weighted by Crippen LogP contribution is 2.23. The summed E-state index contributed by atoms with van der Waals surface area (Å²) in [6.07, 6.45) is 2.85. The maximum absolute atomic E-state index is 12.0. The summed E-state index contributed by atoms with van der Waals surface area (Å²) in [5.41, 5.74) is 0. The molecule has 1 fully saturated rings. The lowest BCUT2D eigenvalue weighted by molar-refractivity contribution is -0.127.